The number of esters is 1. The number of carbonyl (C=O) groups is 2. The molecule has 0 aromatic heterocycles. The molecule has 0 unspecified atom stereocenters. The average molecular weight is 207 g/mol. The summed E-state index contributed by atoms with van der Waals surface area (Å²) in [6.45, 7) is 0.833. The van der Waals surface area contributed by atoms with E-state index in [2.05, 4.69) is 5.32 Å². The first-order chi connectivity index (χ1) is 7.34. The minimum atomic E-state index is -0.332. The molecule has 0 aliphatic carbocycles. The van der Waals surface area contributed by atoms with E-state index >= 15 is 0 Å². The van der Waals surface area contributed by atoms with E-state index in [0.29, 0.717) is 31.5 Å². The molecule has 1 N–H and O–H groups in total. The van der Waals surface area contributed by atoms with Crippen molar-refractivity contribution in [3.8, 4) is 0 Å². The summed E-state index contributed by atoms with van der Waals surface area (Å²) in [4.78, 5) is 21.3. The van der Waals surface area contributed by atoms with Crippen molar-refractivity contribution in [3.63, 3.8) is 0 Å². The Bertz CT molecular complexity index is 311. The highest BCUT2D eigenvalue weighted by Gasteiger charge is 2.04. The van der Waals surface area contributed by atoms with Gasteiger partial charge in [0.25, 0.3) is 0 Å². The molecule has 1 amide bonds. The van der Waals surface area contributed by atoms with Crippen LogP contribution in [-0.2, 0) is 9.53 Å². The third kappa shape index (κ3) is 4.26. The first-order valence-corrected chi connectivity index (χ1v) is 4.74. The Morgan fingerprint density at radius 2 is 2.07 bits per heavy atom. The molecule has 4 heteroatoms. The fraction of sp³-hybridized carbons (Fsp3) is 0.273. The third-order valence-corrected chi connectivity index (χ3v) is 1.79. The minimum Gasteiger partial charge on any atom is -0.462 e. The van der Waals surface area contributed by atoms with Crippen molar-refractivity contribution >= 4 is 12.4 Å². The average Bonchev–Trinajstić information content (AvgIpc) is 2.30. The lowest BCUT2D eigenvalue weighted by atomic mass is 10.2. The largest absolute Gasteiger partial charge is 0.462 e. The summed E-state index contributed by atoms with van der Waals surface area (Å²) in [6, 6.07) is 8.80. The smallest absolute Gasteiger partial charge is 0.338 e. The zero-order valence-electron chi connectivity index (χ0n) is 8.31. The molecule has 0 saturated heterocycles. The lowest BCUT2D eigenvalue weighted by Gasteiger charge is -2.03. The van der Waals surface area contributed by atoms with Gasteiger partial charge in [-0.15, -0.1) is 0 Å². The normalized spacial score (nSPS) is 9.33. The van der Waals surface area contributed by atoms with Crippen molar-refractivity contribution in [1.82, 2.24) is 5.32 Å². The van der Waals surface area contributed by atoms with Crippen molar-refractivity contribution in [2.24, 2.45) is 0 Å². The van der Waals surface area contributed by atoms with E-state index in [4.69, 9.17) is 4.74 Å². The zero-order valence-corrected chi connectivity index (χ0v) is 8.31. The molecular weight excluding hydrogens is 194 g/mol. The maximum atomic E-state index is 11.4. The summed E-state index contributed by atoms with van der Waals surface area (Å²) in [5.74, 6) is -0.332. The van der Waals surface area contributed by atoms with Gasteiger partial charge in [0.05, 0.1) is 12.2 Å². The molecule has 15 heavy (non-hydrogen) atoms. The van der Waals surface area contributed by atoms with E-state index in [9.17, 15) is 9.59 Å². The Balaban J connectivity index is 2.22. The van der Waals surface area contributed by atoms with Gasteiger partial charge in [-0.2, -0.15) is 0 Å². The van der Waals surface area contributed by atoms with Crippen molar-refractivity contribution in [2.45, 2.75) is 6.42 Å². The van der Waals surface area contributed by atoms with Gasteiger partial charge in [0.2, 0.25) is 6.41 Å². The van der Waals surface area contributed by atoms with Crippen LogP contribution in [-0.4, -0.2) is 25.5 Å². The lowest BCUT2D eigenvalue weighted by molar-refractivity contribution is -0.109. The van der Waals surface area contributed by atoms with Gasteiger partial charge >= 0.3 is 5.97 Å². The standard InChI is InChI=1S/C11H13NO3/c13-9-12-7-4-8-15-11(14)10-5-2-1-3-6-10/h1-3,5-6,9H,4,7-8H2,(H,12,13). The summed E-state index contributed by atoms with van der Waals surface area (Å²) >= 11 is 0. The number of amides is 1. The first-order valence-electron chi connectivity index (χ1n) is 4.74. The van der Waals surface area contributed by atoms with Crippen LogP contribution < -0.4 is 5.32 Å². The van der Waals surface area contributed by atoms with E-state index in [1.807, 2.05) is 6.07 Å². The number of benzene rings is 1. The molecule has 0 spiro atoms. The summed E-state index contributed by atoms with van der Waals surface area (Å²) < 4.78 is 4.98. The highest BCUT2D eigenvalue weighted by atomic mass is 16.5. The second kappa shape index (κ2) is 6.59. The molecule has 0 atom stereocenters. The number of ether oxygens (including phenoxy) is 1. The minimum absolute atomic E-state index is 0.314. The highest BCUT2D eigenvalue weighted by Crippen LogP contribution is 2.00. The van der Waals surface area contributed by atoms with Crippen molar-refractivity contribution < 1.29 is 14.3 Å². The predicted octanol–water partition coefficient (Wildman–Crippen LogP) is 0.979. The molecule has 0 fully saturated rings. The van der Waals surface area contributed by atoms with E-state index in [1.54, 1.807) is 24.3 Å². The van der Waals surface area contributed by atoms with Crippen LogP contribution in [0.15, 0.2) is 30.3 Å². The van der Waals surface area contributed by atoms with Gasteiger partial charge in [-0.3, -0.25) is 4.79 Å². The van der Waals surface area contributed by atoms with Crippen LogP contribution in [0, 0.1) is 0 Å². The molecule has 1 aromatic carbocycles. The van der Waals surface area contributed by atoms with Gasteiger partial charge in [-0.1, -0.05) is 18.2 Å². The second-order valence-electron chi connectivity index (χ2n) is 2.93. The van der Waals surface area contributed by atoms with Crippen molar-refractivity contribution in [2.75, 3.05) is 13.2 Å². The molecule has 0 saturated carbocycles. The SMILES string of the molecule is O=CNCCCOC(=O)c1ccccc1. The highest BCUT2D eigenvalue weighted by molar-refractivity contribution is 5.89. The van der Waals surface area contributed by atoms with E-state index < -0.39 is 0 Å². The van der Waals surface area contributed by atoms with Crippen LogP contribution >= 0.6 is 0 Å². The molecular formula is C11H13NO3. The molecule has 80 valence electrons. The predicted molar refractivity (Wildman–Crippen MR) is 55.4 cm³/mol. The van der Waals surface area contributed by atoms with E-state index in [0.717, 1.165) is 0 Å². The summed E-state index contributed by atoms with van der Waals surface area (Å²) in [5, 5.41) is 2.49. The monoisotopic (exact) mass is 207 g/mol. The topological polar surface area (TPSA) is 55.4 Å². The van der Waals surface area contributed by atoms with Crippen LogP contribution in [0.2, 0.25) is 0 Å². The Morgan fingerprint density at radius 1 is 1.33 bits per heavy atom. The summed E-state index contributed by atoms with van der Waals surface area (Å²) in [7, 11) is 0. The first kappa shape index (κ1) is 11.2. The molecule has 0 aliphatic rings. The Kier molecular flexibility index (Phi) is 4.94. The van der Waals surface area contributed by atoms with Crippen LogP contribution in [0.4, 0.5) is 0 Å². The van der Waals surface area contributed by atoms with E-state index in [-0.39, 0.29) is 5.97 Å². The number of nitrogens with one attached hydrogen (secondary N) is 1. The molecule has 4 nitrogen and oxygen atoms in total. The zero-order chi connectivity index (χ0) is 10.9. The molecule has 0 radical (unpaired) electrons. The van der Waals surface area contributed by atoms with Gasteiger partial charge in [0, 0.05) is 6.54 Å². The van der Waals surface area contributed by atoms with Crippen molar-refractivity contribution in [3.05, 3.63) is 35.9 Å². The molecule has 0 aliphatic heterocycles. The molecule has 0 heterocycles. The summed E-state index contributed by atoms with van der Waals surface area (Å²) in [6.07, 6.45) is 1.25. The number of rotatable bonds is 6. The van der Waals surface area contributed by atoms with Gasteiger partial charge in [-0.25, -0.2) is 4.79 Å². The maximum absolute atomic E-state index is 11.4. The Morgan fingerprint density at radius 3 is 2.73 bits per heavy atom. The summed E-state index contributed by atoms with van der Waals surface area (Å²) in [5.41, 5.74) is 0.542. The quantitative estimate of drug-likeness (QED) is 0.430. The fourth-order valence-electron chi connectivity index (χ4n) is 1.06. The van der Waals surface area contributed by atoms with Crippen LogP contribution in [0.25, 0.3) is 0 Å². The van der Waals surface area contributed by atoms with Crippen molar-refractivity contribution in [1.29, 1.82) is 0 Å². The third-order valence-electron chi connectivity index (χ3n) is 1.79. The van der Waals surface area contributed by atoms with Crippen LogP contribution in [0.3, 0.4) is 0 Å². The van der Waals surface area contributed by atoms with E-state index in [1.165, 1.54) is 0 Å². The maximum Gasteiger partial charge on any atom is 0.338 e. The number of carbonyl (C=O) groups excluding carboxylic acids is 2. The van der Waals surface area contributed by atoms with Gasteiger partial charge in [0.1, 0.15) is 0 Å². The van der Waals surface area contributed by atoms with Gasteiger partial charge in [-0.05, 0) is 18.6 Å². The molecule has 1 aromatic rings. The lowest BCUT2D eigenvalue weighted by Crippen LogP contribution is -2.15. The van der Waals surface area contributed by atoms with Crippen LogP contribution in [0.5, 0.6) is 0 Å². The fourth-order valence-corrected chi connectivity index (χ4v) is 1.06. The van der Waals surface area contributed by atoms with Gasteiger partial charge in [0.15, 0.2) is 0 Å². The number of hydrogen-bond donors (Lipinski definition) is 1. The molecule has 0 bridgehead atoms. The Hall–Kier alpha value is -1.84. The molecule has 1 rings (SSSR count). The Labute approximate surface area is 88.2 Å². The van der Waals surface area contributed by atoms with Crippen LogP contribution in [0.1, 0.15) is 16.8 Å². The van der Waals surface area contributed by atoms with Gasteiger partial charge < -0.3 is 10.1 Å². The number of hydrogen-bond acceptors (Lipinski definition) is 3. The second-order valence-corrected chi connectivity index (χ2v) is 2.93.